The number of rotatable bonds is 8. The lowest BCUT2D eigenvalue weighted by atomic mass is 10.1. The van der Waals surface area contributed by atoms with Gasteiger partial charge in [0.2, 0.25) is 15.9 Å². The van der Waals surface area contributed by atoms with Gasteiger partial charge in [-0.1, -0.05) is 42.0 Å². The Hall–Kier alpha value is -2.38. The third kappa shape index (κ3) is 6.05. The Morgan fingerprint density at radius 2 is 1.66 bits per heavy atom. The number of nitrogens with zero attached hydrogens (tertiary/aromatic N) is 2. The van der Waals surface area contributed by atoms with Gasteiger partial charge in [0.05, 0.1) is 11.9 Å². The van der Waals surface area contributed by atoms with E-state index in [0.29, 0.717) is 12.2 Å². The van der Waals surface area contributed by atoms with Crippen molar-refractivity contribution in [3.05, 3.63) is 65.2 Å². The van der Waals surface area contributed by atoms with E-state index in [0.717, 1.165) is 41.3 Å². The fourth-order valence-corrected chi connectivity index (χ4v) is 4.41. The quantitative estimate of drug-likeness (QED) is 0.720. The summed E-state index contributed by atoms with van der Waals surface area (Å²) in [5.74, 6) is -0.327. The van der Waals surface area contributed by atoms with Crippen molar-refractivity contribution in [3.63, 3.8) is 0 Å². The number of aryl methyl sites for hydroxylation is 1. The number of carbonyl (C=O) groups is 1. The maximum Gasteiger partial charge on any atom is 0.241 e. The molecule has 1 fully saturated rings. The molecule has 0 aromatic heterocycles. The molecule has 0 saturated carbocycles. The van der Waals surface area contributed by atoms with Crippen molar-refractivity contribution in [1.29, 1.82) is 0 Å². The van der Waals surface area contributed by atoms with Gasteiger partial charge < -0.3 is 5.32 Å². The molecule has 156 valence electrons. The number of sulfonamides is 1. The van der Waals surface area contributed by atoms with Gasteiger partial charge in [-0.05, 0) is 56.1 Å². The molecule has 1 heterocycles. The minimum Gasteiger partial charge on any atom is -0.350 e. The summed E-state index contributed by atoms with van der Waals surface area (Å²) in [7, 11) is -3.57. The second-order valence-electron chi connectivity index (χ2n) is 7.63. The van der Waals surface area contributed by atoms with E-state index in [2.05, 4.69) is 16.3 Å². The van der Waals surface area contributed by atoms with E-state index >= 15 is 0 Å². The molecule has 1 aliphatic rings. The third-order valence-electron chi connectivity index (χ3n) is 5.20. The zero-order valence-electron chi connectivity index (χ0n) is 17.1. The predicted molar refractivity (Wildman–Crippen MR) is 116 cm³/mol. The van der Waals surface area contributed by atoms with Crippen LogP contribution in [0, 0.1) is 6.92 Å². The van der Waals surface area contributed by atoms with E-state index in [1.807, 2.05) is 37.3 Å². The van der Waals surface area contributed by atoms with Crippen LogP contribution in [-0.2, 0) is 27.9 Å². The summed E-state index contributed by atoms with van der Waals surface area (Å²) in [6.07, 6.45) is 3.59. The summed E-state index contributed by atoms with van der Waals surface area (Å²) in [6, 6.07) is 15.2. The van der Waals surface area contributed by atoms with Crippen LogP contribution >= 0.6 is 0 Å². The maximum atomic E-state index is 12.5. The number of nitrogens with one attached hydrogen (secondary N) is 1. The van der Waals surface area contributed by atoms with Crippen molar-refractivity contribution in [1.82, 2.24) is 10.2 Å². The van der Waals surface area contributed by atoms with E-state index in [1.165, 1.54) is 18.4 Å². The molecule has 0 aliphatic carbocycles. The van der Waals surface area contributed by atoms with Crippen molar-refractivity contribution >= 4 is 21.6 Å². The molecular formula is C22H29N3O3S. The Kier molecular flexibility index (Phi) is 6.92. The van der Waals surface area contributed by atoms with Crippen LogP contribution in [0.25, 0.3) is 0 Å². The minimum absolute atomic E-state index is 0.240. The van der Waals surface area contributed by atoms with E-state index in [4.69, 9.17) is 0 Å². The van der Waals surface area contributed by atoms with Gasteiger partial charge >= 0.3 is 0 Å². The first-order valence-electron chi connectivity index (χ1n) is 9.93. The van der Waals surface area contributed by atoms with Gasteiger partial charge in [-0.3, -0.25) is 14.0 Å². The number of anilines is 1. The van der Waals surface area contributed by atoms with Crippen molar-refractivity contribution in [3.8, 4) is 0 Å². The molecule has 7 heteroatoms. The molecule has 6 nitrogen and oxygen atoms in total. The molecule has 3 rings (SSSR count). The smallest absolute Gasteiger partial charge is 0.241 e. The number of carbonyl (C=O) groups excluding carboxylic acids is 1. The van der Waals surface area contributed by atoms with Gasteiger partial charge in [0, 0.05) is 13.1 Å². The Morgan fingerprint density at radius 3 is 2.28 bits per heavy atom. The van der Waals surface area contributed by atoms with Crippen LogP contribution in [0.3, 0.4) is 0 Å². The normalized spacial score (nSPS) is 14.7. The molecule has 2 aromatic carbocycles. The minimum atomic E-state index is -3.57. The summed E-state index contributed by atoms with van der Waals surface area (Å²) >= 11 is 0. The maximum absolute atomic E-state index is 12.5. The van der Waals surface area contributed by atoms with Crippen molar-refractivity contribution < 1.29 is 13.2 Å². The van der Waals surface area contributed by atoms with Crippen molar-refractivity contribution in [2.45, 2.75) is 32.9 Å². The number of hydrogen-bond acceptors (Lipinski definition) is 4. The monoisotopic (exact) mass is 415 g/mol. The van der Waals surface area contributed by atoms with Crippen LogP contribution < -0.4 is 9.62 Å². The number of benzene rings is 2. The number of amides is 1. The molecule has 0 unspecified atom stereocenters. The highest BCUT2D eigenvalue weighted by Crippen LogP contribution is 2.18. The van der Waals surface area contributed by atoms with Crippen LogP contribution in [0.2, 0.25) is 0 Å². The van der Waals surface area contributed by atoms with Gasteiger partial charge in [0.15, 0.2) is 0 Å². The molecule has 29 heavy (non-hydrogen) atoms. The molecule has 1 saturated heterocycles. The molecule has 1 N–H and O–H groups in total. The van der Waals surface area contributed by atoms with Crippen molar-refractivity contribution in [2.24, 2.45) is 0 Å². The lowest BCUT2D eigenvalue weighted by Crippen LogP contribution is -2.40. The van der Waals surface area contributed by atoms with Crippen LogP contribution in [0.5, 0.6) is 0 Å². The van der Waals surface area contributed by atoms with E-state index in [1.54, 1.807) is 12.1 Å². The summed E-state index contributed by atoms with van der Waals surface area (Å²) in [5.41, 5.74) is 3.78. The van der Waals surface area contributed by atoms with E-state index in [9.17, 15) is 13.2 Å². The third-order valence-corrected chi connectivity index (χ3v) is 6.34. The topological polar surface area (TPSA) is 69.7 Å². The van der Waals surface area contributed by atoms with Crippen LogP contribution in [0.4, 0.5) is 5.69 Å². The Morgan fingerprint density at radius 1 is 1.03 bits per heavy atom. The molecule has 0 bridgehead atoms. The zero-order chi connectivity index (χ0) is 20.9. The van der Waals surface area contributed by atoms with Gasteiger partial charge in [0.1, 0.15) is 6.54 Å². The molecule has 0 atom stereocenters. The van der Waals surface area contributed by atoms with Gasteiger partial charge in [-0.2, -0.15) is 0 Å². The molecule has 0 radical (unpaired) electrons. The molecular weight excluding hydrogens is 386 g/mol. The highest BCUT2D eigenvalue weighted by atomic mass is 32.2. The number of hydrogen-bond donors (Lipinski definition) is 1. The molecule has 1 aliphatic heterocycles. The van der Waals surface area contributed by atoms with Crippen LogP contribution in [0.1, 0.15) is 29.5 Å². The zero-order valence-corrected chi connectivity index (χ0v) is 17.9. The van der Waals surface area contributed by atoms with Crippen LogP contribution in [0.15, 0.2) is 48.5 Å². The molecule has 0 spiro atoms. The van der Waals surface area contributed by atoms with Gasteiger partial charge in [-0.15, -0.1) is 0 Å². The lowest BCUT2D eigenvalue weighted by Gasteiger charge is -2.22. The van der Waals surface area contributed by atoms with Gasteiger partial charge in [0.25, 0.3) is 0 Å². The van der Waals surface area contributed by atoms with Crippen LogP contribution in [-0.4, -0.2) is 45.1 Å². The summed E-state index contributed by atoms with van der Waals surface area (Å²) < 4.78 is 25.6. The van der Waals surface area contributed by atoms with E-state index < -0.39 is 10.0 Å². The summed E-state index contributed by atoms with van der Waals surface area (Å²) in [5, 5.41) is 2.88. The average Bonchev–Trinajstić information content (AvgIpc) is 3.18. The largest absolute Gasteiger partial charge is 0.350 e. The fourth-order valence-electron chi connectivity index (χ4n) is 3.56. The summed E-state index contributed by atoms with van der Waals surface area (Å²) in [4.78, 5) is 15.0. The highest BCUT2D eigenvalue weighted by molar-refractivity contribution is 7.92. The number of likely N-dealkylation sites (tertiary alicyclic amines) is 1. The first-order valence-corrected chi connectivity index (χ1v) is 11.8. The molecule has 2 aromatic rings. The average molecular weight is 416 g/mol. The Labute approximate surface area is 173 Å². The lowest BCUT2D eigenvalue weighted by molar-refractivity contribution is -0.119. The highest BCUT2D eigenvalue weighted by Gasteiger charge is 2.21. The van der Waals surface area contributed by atoms with Gasteiger partial charge in [-0.25, -0.2) is 8.42 Å². The van der Waals surface area contributed by atoms with Crippen molar-refractivity contribution in [2.75, 3.05) is 30.2 Å². The summed E-state index contributed by atoms with van der Waals surface area (Å²) in [6.45, 7) is 5.18. The standard InChI is InChI=1S/C22H29N3O3S/c1-18-9-11-21(12-10-18)25(29(2,27)28)17-22(26)23-15-19-7-3-4-8-20(19)16-24-13-5-6-14-24/h3-4,7-12H,5-6,13-17H2,1-2H3,(H,23,26). The fraction of sp³-hybridized carbons (Fsp3) is 0.409. The Balaban J connectivity index is 1.64. The second kappa shape index (κ2) is 9.41. The van der Waals surface area contributed by atoms with E-state index in [-0.39, 0.29) is 12.5 Å². The second-order valence-corrected chi connectivity index (χ2v) is 9.54. The Bertz CT molecular complexity index is 936. The SMILES string of the molecule is Cc1ccc(N(CC(=O)NCc2ccccc2CN2CCCC2)S(C)(=O)=O)cc1. The molecule has 1 amide bonds. The predicted octanol–water partition coefficient (Wildman–Crippen LogP) is 2.67. The first-order chi connectivity index (χ1) is 13.8. The first kappa shape index (κ1) is 21.3.